The highest BCUT2D eigenvalue weighted by atomic mass is 16.2. The van der Waals surface area contributed by atoms with E-state index in [9.17, 15) is 9.59 Å². The number of benzene rings is 1. The molecule has 15 heavy (non-hydrogen) atoms. The van der Waals surface area contributed by atoms with E-state index in [0.29, 0.717) is 11.1 Å². The molecular weight excluding hydrogens is 190 g/mol. The van der Waals surface area contributed by atoms with Gasteiger partial charge >= 0.3 is 0 Å². The Morgan fingerprint density at radius 1 is 1.33 bits per heavy atom. The molecule has 0 saturated heterocycles. The molecular formula is C12H11NO2. The predicted molar refractivity (Wildman–Crippen MR) is 56.5 cm³/mol. The second-order valence-electron chi connectivity index (χ2n) is 3.36. The molecule has 1 aromatic rings. The fourth-order valence-corrected chi connectivity index (χ4v) is 1.83. The van der Waals surface area contributed by atoms with E-state index in [1.165, 1.54) is 6.20 Å². The van der Waals surface area contributed by atoms with Gasteiger partial charge in [-0.25, -0.2) is 4.90 Å². The van der Waals surface area contributed by atoms with Crippen molar-refractivity contribution in [1.82, 2.24) is 4.90 Å². The van der Waals surface area contributed by atoms with Crippen LogP contribution in [0.3, 0.4) is 0 Å². The Kier molecular flexibility index (Phi) is 2.15. The van der Waals surface area contributed by atoms with Crippen LogP contribution in [0.5, 0.6) is 0 Å². The van der Waals surface area contributed by atoms with Gasteiger partial charge in [0.25, 0.3) is 11.8 Å². The molecule has 0 fully saturated rings. The van der Waals surface area contributed by atoms with E-state index in [4.69, 9.17) is 0 Å². The van der Waals surface area contributed by atoms with E-state index in [1.807, 2.05) is 13.0 Å². The van der Waals surface area contributed by atoms with Crippen molar-refractivity contribution in [2.24, 2.45) is 0 Å². The molecule has 0 aliphatic carbocycles. The third-order valence-corrected chi connectivity index (χ3v) is 2.60. The fraction of sp³-hybridized carbons (Fsp3) is 0.167. The van der Waals surface area contributed by atoms with Crippen molar-refractivity contribution in [2.45, 2.75) is 13.3 Å². The molecule has 3 nitrogen and oxygen atoms in total. The highest BCUT2D eigenvalue weighted by Gasteiger charge is 2.35. The van der Waals surface area contributed by atoms with Gasteiger partial charge in [0.1, 0.15) is 0 Å². The summed E-state index contributed by atoms with van der Waals surface area (Å²) in [4.78, 5) is 24.7. The molecule has 0 unspecified atom stereocenters. The summed E-state index contributed by atoms with van der Waals surface area (Å²) in [5.41, 5.74) is 1.93. The van der Waals surface area contributed by atoms with E-state index in [0.717, 1.165) is 16.9 Å². The minimum atomic E-state index is -0.277. The van der Waals surface area contributed by atoms with Gasteiger partial charge in [0.2, 0.25) is 0 Å². The lowest BCUT2D eigenvalue weighted by Crippen LogP contribution is -2.23. The zero-order chi connectivity index (χ0) is 11.0. The Hall–Kier alpha value is -1.90. The van der Waals surface area contributed by atoms with E-state index < -0.39 is 0 Å². The quantitative estimate of drug-likeness (QED) is 0.686. The predicted octanol–water partition coefficient (Wildman–Crippen LogP) is 1.99. The summed E-state index contributed by atoms with van der Waals surface area (Å²) in [5, 5.41) is 0. The standard InChI is InChI=1S/C12H11NO2/c1-3-8-6-5-7-9-10(8)12(15)13(4-2)11(9)14/h4-7H,2-3H2,1H3. The first kappa shape index (κ1) is 9.65. The smallest absolute Gasteiger partial charge is 0.265 e. The molecule has 2 rings (SSSR count). The van der Waals surface area contributed by atoms with Crippen molar-refractivity contribution in [1.29, 1.82) is 0 Å². The molecule has 0 spiro atoms. The molecule has 0 saturated carbocycles. The molecule has 0 radical (unpaired) electrons. The minimum Gasteiger partial charge on any atom is -0.268 e. The van der Waals surface area contributed by atoms with Gasteiger partial charge in [-0.15, -0.1) is 0 Å². The van der Waals surface area contributed by atoms with Gasteiger partial charge in [-0.1, -0.05) is 25.6 Å². The highest BCUT2D eigenvalue weighted by Crippen LogP contribution is 2.26. The first-order chi connectivity index (χ1) is 7.20. The van der Waals surface area contributed by atoms with E-state index >= 15 is 0 Å². The Morgan fingerprint density at radius 2 is 2.07 bits per heavy atom. The van der Waals surface area contributed by atoms with Crippen molar-refractivity contribution >= 4 is 11.8 Å². The largest absolute Gasteiger partial charge is 0.268 e. The van der Waals surface area contributed by atoms with Crippen LogP contribution >= 0.6 is 0 Å². The number of hydrogen-bond acceptors (Lipinski definition) is 2. The van der Waals surface area contributed by atoms with Crippen molar-refractivity contribution in [3.8, 4) is 0 Å². The molecule has 76 valence electrons. The second-order valence-corrected chi connectivity index (χ2v) is 3.36. The van der Waals surface area contributed by atoms with Gasteiger partial charge in [-0.3, -0.25) is 9.59 Å². The van der Waals surface area contributed by atoms with Crippen molar-refractivity contribution in [3.05, 3.63) is 47.7 Å². The van der Waals surface area contributed by atoms with Crippen molar-refractivity contribution < 1.29 is 9.59 Å². The van der Waals surface area contributed by atoms with E-state index in [1.54, 1.807) is 12.1 Å². The summed E-state index contributed by atoms with van der Waals surface area (Å²) in [6.07, 6.45) is 2.01. The third kappa shape index (κ3) is 1.20. The molecule has 0 atom stereocenters. The molecule has 2 amide bonds. The van der Waals surface area contributed by atoms with Gasteiger partial charge in [-0.05, 0) is 18.1 Å². The van der Waals surface area contributed by atoms with Gasteiger partial charge < -0.3 is 0 Å². The highest BCUT2D eigenvalue weighted by molar-refractivity contribution is 6.22. The lowest BCUT2D eigenvalue weighted by molar-refractivity contribution is 0.0722. The lowest BCUT2D eigenvalue weighted by atomic mass is 10.0. The molecule has 1 aliphatic heterocycles. The molecule has 0 aromatic heterocycles. The van der Waals surface area contributed by atoms with Crippen molar-refractivity contribution in [3.63, 3.8) is 0 Å². The van der Waals surface area contributed by atoms with Gasteiger partial charge in [0.05, 0.1) is 11.1 Å². The lowest BCUT2D eigenvalue weighted by Gasteiger charge is -2.05. The molecule has 1 heterocycles. The van der Waals surface area contributed by atoms with Gasteiger partial charge in [-0.2, -0.15) is 0 Å². The van der Waals surface area contributed by atoms with Crippen LogP contribution in [0.2, 0.25) is 0 Å². The number of fused-ring (bicyclic) bond motifs is 1. The van der Waals surface area contributed by atoms with Crippen LogP contribution in [0.1, 0.15) is 33.2 Å². The number of amides is 2. The molecule has 1 aliphatic rings. The Morgan fingerprint density at radius 3 is 2.67 bits per heavy atom. The van der Waals surface area contributed by atoms with E-state index in [-0.39, 0.29) is 11.8 Å². The minimum absolute atomic E-state index is 0.262. The first-order valence-corrected chi connectivity index (χ1v) is 4.83. The number of carbonyl (C=O) groups is 2. The summed E-state index contributed by atoms with van der Waals surface area (Å²) in [7, 11) is 0. The number of rotatable bonds is 2. The molecule has 3 heteroatoms. The number of nitrogens with zero attached hydrogens (tertiary/aromatic N) is 1. The van der Waals surface area contributed by atoms with Crippen LogP contribution in [0, 0.1) is 0 Å². The molecule has 0 N–H and O–H groups in total. The summed E-state index contributed by atoms with van der Waals surface area (Å²) < 4.78 is 0. The Bertz CT molecular complexity index is 463. The maximum absolute atomic E-state index is 11.9. The average Bonchev–Trinajstić information content (AvgIpc) is 2.51. The van der Waals surface area contributed by atoms with Gasteiger partial charge in [0.15, 0.2) is 0 Å². The van der Waals surface area contributed by atoms with E-state index in [2.05, 4.69) is 6.58 Å². The van der Waals surface area contributed by atoms with Gasteiger partial charge in [0, 0.05) is 6.20 Å². The number of aryl methyl sites for hydroxylation is 1. The summed E-state index contributed by atoms with van der Waals surface area (Å²) in [6.45, 7) is 5.43. The SMILES string of the molecule is C=CN1C(=O)c2cccc(CC)c2C1=O. The topological polar surface area (TPSA) is 37.4 Å². The third-order valence-electron chi connectivity index (χ3n) is 2.60. The van der Waals surface area contributed by atoms with Crippen LogP contribution in [0.15, 0.2) is 31.0 Å². The number of hydrogen-bond donors (Lipinski definition) is 0. The zero-order valence-corrected chi connectivity index (χ0v) is 8.49. The van der Waals surface area contributed by atoms with Crippen LogP contribution in [-0.4, -0.2) is 16.7 Å². The summed E-state index contributed by atoms with van der Waals surface area (Å²) in [5.74, 6) is -0.539. The molecule has 0 bridgehead atoms. The second kappa shape index (κ2) is 3.35. The van der Waals surface area contributed by atoms with Crippen LogP contribution in [0.25, 0.3) is 0 Å². The first-order valence-electron chi connectivity index (χ1n) is 4.83. The fourth-order valence-electron chi connectivity index (χ4n) is 1.83. The monoisotopic (exact) mass is 201 g/mol. The molecule has 1 aromatic carbocycles. The maximum Gasteiger partial charge on any atom is 0.265 e. The summed E-state index contributed by atoms with van der Waals surface area (Å²) >= 11 is 0. The average molecular weight is 201 g/mol. The zero-order valence-electron chi connectivity index (χ0n) is 8.49. The van der Waals surface area contributed by atoms with Crippen LogP contribution < -0.4 is 0 Å². The number of carbonyl (C=O) groups excluding carboxylic acids is 2. The van der Waals surface area contributed by atoms with Crippen LogP contribution in [-0.2, 0) is 6.42 Å². The van der Waals surface area contributed by atoms with Crippen LogP contribution in [0.4, 0.5) is 0 Å². The van der Waals surface area contributed by atoms with Crippen molar-refractivity contribution in [2.75, 3.05) is 0 Å². The normalized spacial score (nSPS) is 14.3. The maximum atomic E-state index is 11.9. The number of imide groups is 1. The Labute approximate surface area is 88.0 Å². The Balaban J connectivity index is 2.66. The summed E-state index contributed by atoms with van der Waals surface area (Å²) in [6, 6.07) is 5.35.